The third kappa shape index (κ3) is 6.39. The quantitative estimate of drug-likeness (QED) is 0.269. The van der Waals surface area contributed by atoms with Gasteiger partial charge < -0.3 is 5.32 Å². The number of carbonyl (C=O) groups is 1. The Hall–Kier alpha value is -1.73. The molecule has 0 saturated carbocycles. The predicted molar refractivity (Wildman–Crippen MR) is 130 cm³/mol. The summed E-state index contributed by atoms with van der Waals surface area (Å²) in [5, 5.41) is 13.9. The van der Waals surface area contributed by atoms with E-state index in [2.05, 4.69) is 29.4 Å². The normalized spacial score (nSPS) is 11.2. The van der Waals surface area contributed by atoms with Crippen LogP contribution in [0.25, 0.3) is 17.1 Å². The number of nitrogens with zero attached hydrogens (tertiary/aromatic N) is 3. The zero-order valence-corrected chi connectivity index (χ0v) is 20.3. The molecule has 1 aromatic heterocycles. The monoisotopic (exact) mass is 496 g/mol. The fraction of sp³-hybridized carbons (Fsp3) is 0.318. The topological polar surface area (TPSA) is 59.8 Å². The minimum atomic E-state index is 0.0667. The molecule has 0 fully saturated rings. The van der Waals surface area contributed by atoms with E-state index < -0.39 is 0 Å². The van der Waals surface area contributed by atoms with Gasteiger partial charge in [0.1, 0.15) is 0 Å². The van der Waals surface area contributed by atoms with Crippen LogP contribution in [0.4, 0.5) is 0 Å². The van der Waals surface area contributed by atoms with Gasteiger partial charge in [-0.1, -0.05) is 72.5 Å². The molecule has 0 aliphatic rings. The minimum absolute atomic E-state index is 0.0667. The summed E-state index contributed by atoms with van der Waals surface area (Å²) in [6.45, 7) is 4.84. The van der Waals surface area contributed by atoms with Crippen molar-refractivity contribution in [2.75, 3.05) is 12.3 Å². The summed E-state index contributed by atoms with van der Waals surface area (Å²) in [5.74, 6) is 1.83. The number of hydrogen-bond donors (Lipinski definition) is 1. The zero-order chi connectivity index (χ0) is 22.4. The Morgan fingerprint density at radius 2 is 1.84 bits per heavy atom. The second-order valence-corrected chi connectivity index (χ2v) is 9.65. The SMILES string of the molecule is CC(C)CNC(=O)CCCSc1nnc(-c2ccccc2Cl)n1-c1ccc(Cl)c(Cl)c1. The molecule has 0 spiro atoms. The number of carbonyl (C=O) groups excluding carboxylic acids is 1. The van der Waals surface area contributed by atoms with Crippen LogP contribution in [0, 0.1) is 5.92 Å². The van der Waals surface area contributed by atoms with E-state index in [4.69, 9.17) is 34.8 Å². The Balaban J connectivity index is 1.81. The first-order chi connectivity index (χ1) is 14.9. The Kier molecular flexibility index (Phi) is 8.67. The lowest BCUT2D eigenvalue weighted by atomic mass is 10.2. The minimum Gasteiger partial charge on any atom is -0.356 e. The predicted octanol–water partition coefficient (Wildman–Crippen LogP) is 6.54. The van der Waals surface area contributed by atoms with Gasteiger partial charge >= 0.3 is 0 Å². The molecule has 31 heavy (non-hydrogen) atoms. The van der Waals surface area contributed by atoms with Crippen LogP contribution in [0.15, 0.2) is 47.6 Å². The lowest BCUT2D eigenvalue weighted by Gasteiger charge is -2.12. The van der Waals surface area contributed by atoms with Gasteiger partial charge in [0.15, 0.2) is 11.0 Å². The largest absolute Gasteiger partial charge is 0.356 e. The fourth-order valence-electron chi connectivity index (χ4n) is 2.84. The van der Waals surface area contributed by atoms with Crippen molar-refractivity contribution in [1.82, 2.24) is 20.1 Å². The Morgan fingerprint density at radius 1 is 1.06 bits per heavy atom. The Morgan fingerprint density at radius 3 is 2.55 bits per heavy atom. The molecule has 3 aromatic rings. The van der Waals surface area contributed by atoms with Crippen molar-refractivity contribution in [3.8, 4) is 17.1 Å². The van der Waals surface area contributed by atoms with E-state index in [1.54, 1.807) is 12.1 Å². The molecule has 1 N–H and O–H groups in total. The molecule has 0 bridgehead atoms. The maximum atomic E-state index is 11.9. The average Bonchev–Trinajstić information content (AvgIpc) is 3.15. The van der Waals surface area contributed by atoms with E-state index in [9.17, 15) is 4.79 Å². The highest BCUT2D eigenvalue weighted by Gasteiger charge is 2.18. The van der Waals surface area contributed by atoms with Crippen molar-refractivity contribution < 1.29 is 4.79 Å². The van der Waals surface area contributed by atoms with Gasteiger partial charge in [0.05, 0.1) is 20.8 Å². The molecule has 1 heterocycles. The van der Waals surface area contributed by atoms with Crippen LogP contribution in [-0.4, -0.2) is 33.0 Å². The molecule has 0 radical (unpaired) electrons. The van der Waals surface area contributed by atoms with Crippen molar-refractivity contribution in [3.05, 3.63) is 57.5 Å². The molecule has 0 aliphatic heterocycles. The van der Waals surface area contributed by atoms with Gasteiger partial charge in [0, 0.05) is 24.3 Å². The highest BCUT2D eigenvalue weighted by molar-refractivity contribution is 7.99. The Labute approximate surface area is 201 Å². The summed E-state index contributed by atoms with van der Waals surface area (Å²) in [6, 6.07) is 12.9. The van der Waals surface area contributed by atoms with Gasteiger partial charge in [-0.05, 0) is 42.7 Å². The molecule has 0 saturated heterocycles. The van der Waals surface area contributed by atoms with Crippen LogP contribution < -0.4 is 5.32 Å². The molecule has 5 nitrogen and oxygen atoms in total. The molecule has 2 aromatic carbocycles. The summed E-state index contributed by atoms with van der Waals surface area (Å²) >= 11 is 20.3. The van der Waals surface area contributed by atoms with Crippen LogP contribution in [0.3, 0.4) is 0 Å². The number of hydrogen-bond acceptors (Lipinski definition) is 4. The third-order valence-electron chi connectivity index (χ3n) is 4.40. The third-order valence-corrected chi connectivity index (χ3v) is 6.48. The Bertz CT molecular complexity index is 1050. The van der Waals surface area contributed by atoms with Gasteiger partial charge in [-0.2, -0.15) is 0 Å². The molecule has 9 heteroatoms. The molecule has 0 atom stereocenters. The van der Waals surface area contributed by atoms with Crippen LogP contribution in [0.1, 0.15) is 26.7 Å². The van der Waals surface area contributed by atoms with Crippen LogP contribution in [-0.2, 0) is 4.79 Å². The van der Waals surface area contributed by atoms with Crippen LogP contribution >= 0.6 is 46.6 Å². The lowest BCUT2D eigenvalue weighted by Crippen LogP contribution is -2.27. The number of rotatable bonds is 9. The number of nitrogens with one attached hydrogen (secondary N) is 1. The first-order valence-electron chi connectivity index (χ1n) is 9.92. The first-order valence-corrected chi connectivity index (χ1v) is 12.0. The average molecular weight is 498 g/mol. The van der Waals surface area contributed by atoms with Crippen molar-refractivity contribution >= 4 is 52.5 Å². The van der Waals surface area contributed by atoms with Gasteiger partial charge in [-0.15, -0.1) is 10.2 Å². The van der Waals surface area contributed by atoms with E-state index in [-0.39, 0.29) is 5.91 Å². The number of benzene rings is 2. The van der Waals surface area contributed by atoms with E-state index in [0.29, 0.717) is 44.9 Å². The summed E-state index contributed by atoms with van der Waals surface area (Å²) in [4.78, 5) is 11.9. The molecular formula is C22H23Cl3N4OS. The van der Waals surface area contributed by atoms with Crippen molar-refractivity contribution in [1.29, 1.82) is 0 Å². The maximum Gasteiger partial charge on any atom is 0.220 e. The summed E-state index contributed by atoms with van der Waals surface area (Å²) in [5.41, 5.74) is 1.55. The van der Waals surface area contributed by atoms with E-state index >= 15 is 0 Å². The standard InChI is InChI=1S/C22H23Cl3N4OS/c1-14(2)13-26-20(30)8-5-11-31-22-28-27-21(16-6-3-4-7-17(16)23)29(22)15-9-10-18(24)19(25)12-15/h3-4,6-7,9-10,12,14H,5,8,11,13H2,1-2H3,(H,26,30). The second kappa shape index (κ2) is 11.2. The van der Waals surface area contributed by atoms with Crippen LogP contribution in [0.2, 0.25) is 15.1 Å². The molecule has 3 rings (SSSR count). The van der Waals surface area contributed by atoms with E-state index in [1.807, 2.05) is 34.9 Å². The van der Waals surface area contributed by atoms with E-state index in [0.717, 1.165) is 23.4 Å². The smallest absolute Gasteiger partial charge is 0.220 e. The number of thioether (sulfide) groups is 1. The summed E-state index contributed by atoms with van der Waals surface area (Å²) < 4.78 is 1.91. The second-order valence-electron chi connectivity index (χ2n) is 7.37. The molecule has 0 unspecified atom stereocenters. The molecule has 1 amide bonds. The summed E-state index contributed by atoms with van der Waals surface area (Å²) in [7, 11) is 0. The van der Waals surface area contributed by atoms with Crippen molar-refractivity contribution in [3.63, 3.8) is 0 Å². The summed E-state index contributed by atoms with van der Waals surface area (Å²) in [6.07, 6.45) is 1.20. The van der Waals surface area contributed by atoms with E-state index in [1.165, 1.54) is 11.8 Å². The number of halogens is 3. The zero-order valence-electron chi connectivity index (χ0n) is 17.2. The van der Waals surface area contributed by atoms with Crippen LogP contribution in [0.5, 0.6) is 0 Å². The fourth-order valence-corrected chi connectivity index (χ4v) is 4.24. The molecular weight excluding hydrogens is 475 g/mol. The van der Waals surface area contributed by atoms with Crippen molar-refractivity contribution in [2.24, 2.45) is 5.92 Å². The van der Waals surface area contributed by atoms with Gasteiger partial charge in [-0.3, -0.25) is 9.36 Å². The highest BCUT2D eigenvalue weighted by atomic mass is 35.5. The lowest BCUT2D eigenvalue weighted by molar-refractivity contribution is -0.121. The molecule has 164 valence electrons. The van der Waals surface area contributed by atoms with Gasteiger partial charge in [0.2, 0.25) is 5.91 Å². The van der Waals surface area contributed by atoms with Gasteiger partial charge in [0.25, 0.3) is 0 Å². The van der Waals surface area contributed by atoms with Crippen molar-refractivity contribution in [2.45, 2.75) is 31.8 Å². The first kappa shape index (κ1) is 23.9. The molecule has 0 aliphatic carbocycles. The number of amides is 1. The maximum absolute atomic E-state index is 11.9. The van der Waals surface area contributed by atoms with Gasteiger partial charge in [-0.25, -0.2) is 0 Å². The highest BCUT2D eigenvalue weighted by Crippen LogP contribution is 2.34. The number of aromatic nitrogens is 3.